The average Bonchev–Trinajstić information content (AvgIpc) is 2.62. The topological polar surface area (TPSA) is 24.7 Å². The fourth-order valence-corrected chi connectivity index (χ4v) is 3.64. The predicted octanol–water partition coefficient (Wildman–Crippen LogP) is 8.31. The summed E-state index contributed by atoms with van der Waals surface area (Å²) in [6.45, 7) is 12.8. The smallest absolute Gasteiger partial charge is 0.0848 e. The highest BCUT2D eigenvalue weighted by atomic mass is 14.8. The molecule has 0 heterocycles. The van der Waals surface area contributed by atoms with Gasteiger partial charge in [-0.15, -0.1) is 0 Å². The van der Waals surface area contributed by atoms with Crippen molar-refractivity contribution in [3.05, 3.63) is 70.8 Å². The molecule has 0 aliphatic carbocycles. The number of aryl methyl sites for hydroxylation is 4. The molecule has 0 saturated carbocycles. The monoisotopic (exact) mass is 388 g/mol. The lowest BCUT2D eigenvalue weighted by Gasteiger charge is -2.10. The first kappa shape index (κ1) is 22.8. The fraction of sp³-hybridized carbons (Fsp3) is 0.407. The van der Waals surface area contributed by atoms with Crippen molar-refractivity contribution in [2.75, 3.05) is 0 Å². The highest BCUT2D eigenvalue weighted by molar-refractivity contribution is 6.47. The molecule has 0 aliphatic rings. The van der Waals surface area contributed by atoms with Gasteiger partial charge in [0.25, 0.3) is 0 Å². The van der Waals surface area contributed by atoms with Crippen LogP contribution in [0, 0.1) is 27.7 Å². The second kappa shape index (κ2) is 11.5. The Morgan fingerprint density at radius 2 is 1.24 bits per heavy atom. The molecule has 0 atom stereocenters. The van der Waals surface area contributed by atoms with Gasteiger partial charge in [-0.1, -0.05) is 44.4 Å². The zero-order chi connectivity index (χ0) is 21.2. The van der Waals surface area contributed by atoms with E-state index in [1.54, 1.807) is 0 Å². The van der Waals surface area contributed by atoms with E-state index in [0.717, 1.165) is 35.6 Å². The van der Waals surface area contributed by atoms with Gasteiger partial charge in [0.15, 0.2) is 0 Å². The summed E-state index contributed by atoms with van der Waals surface area (Å²) in [5.41, 5.74) is 9.01. The molecule has 2 aromatic carbocycles. The Labute approximate surface area is 177 Å². The zero-order valence-corrected chi connectivity index (χ0v) is 19.0. The standard InChI is InChI=1S/C27H36N2/c1-7-9-10-11-13-27(29-25-18-22(5)15-23(6)19-25)26(12-8-2)28-24-16-20(3)14-21(4)17-24/h8,12,14-19H,7,9-11,13H2,1-6H3/b12-8-,28-26?,29-27?. The number of benzene rings is 2. The number of aliphatic imine (C=N–C) groups is 2. The molecule has 0 N–H and O–H groups in total. The number of unbranched alkanes of at least 4 members (excludes halogenated alkanes) is 3. The summed E-state index contributed by atoms with van der Waals surface area (Å²) in [6.07, 6.45) is 9.98. The first-order chi connectivity index (χ1) is 13.9. The first-order valence-electron chi connectivity index (χ1n) is 10.9. The highest BCUT2D eigenvalue weighted by Gasteiger charge is 2.09. The molecule has 0 amide bonds. The van der Waals surface area contributed by atoms with E-state index >= 15 is 0 Å². The average molecular weight is 389 g/mol. The Balaban J connectivity index is 2.48. The van der Waals surface area contributed by atoms with Gasteiger partial charge in [-0.25, -0.2) is 4.99 Å². The second-order valence-electron chi connectivity index (χ2n) is 8.06. The van der Waals surface area contributed by atoms with E-state index in [9.17, 15) is 0 Å². The summed E-state index contributed by atoms with van der Waals surface area (Å²) < 4.78 is 0. The first-order valence-corrected chi connectivity index (χ1v) is 10.9. The zero-order valence-electron chi connectivity index (χ0n) is 19.0. The van der Waals surface area contributed by atoms with Crippen LogP contribution in [0.25, 0.3) is 0 Å². The Hall–Kier alpha value is -2.48. The summed E-state index contributed by atoms with van der Waals surface area (Å²) >= 11 is 0. The van der Waals surface area contributed by atoms with Crippen molar-refractivity contribution in [2.45, 2.75) is 73.6 Å². The molecule has 0 radical (unpaired) electrons. The van der Waals surface area contributed by atoms with E-state index in [4.69, 9.17) is 9.98 Å². The number of allylic oxidation sites excluding steroid dienone is 2. The highest BCUT2D eigenvalue weighted by Crippen LogP contribution is 2.22. The minimum absolute atomic E-state index is 0.945. The molecule has 2 nitrogen and oxygen atoms in total. The Morgan fingerprint density at radius 3 is 1.72 bits per heavy atom. The van der Waals surface area contributed by atoms with Crippen molar-refractivity contribution in [1.82, 2.24) is 0 Å². The van der Waals surface area contributed by atoms with Crippen LogP contribution in [0.3, 0.4) is 0 Å². The van der Waals surface area contributed by atoms with Crippen molar-refractivity contribution >= 4 is 22.8 Å². The van der Waals surface area contributed by atoms with Gasteiger partial charge in [0.2, 0.25) is 0 Å². The number of hydrogen-bond acceptors (Lipinski definition) is 2. The van der Waals surface area contributed by atoms with Crippen molar-refractivity contribution in [3.8, 4) is 0 Å². The Kier molecular flexibility index (Phi) is 9.05. The molecule has 2 rings (SSSR count). The quantitative estimate of drug-likeness (QED) is 0.305. The van der Waals surface area contributed by atoms with Crippen molar-refractivity contribution in [1.29, 1.82) is 0 Å². The summed E-state index contributed by atoms with van der Waals surface area (Å²) in [6, 6.07) is 13.0. The molecule has 0 unspecified atom stereocenters. The third kappa shape index (κ3) is 7.81. The summed E-state index contributed by atoms with van der Waals surface area (Å²) in [5.74, 6) is 0. The Bertz CT molecular complexity index is 860. The molecule has 0 saturated heterocycles. The van der Waals surface area contributed by atoms with Gasteiger partial charge < -0.3 is 0 Å². The maximum atomic E-state index is 5.07. The normalized spacial score (nSPS) is 12.8. The largest absolute Gasteiger partial charge is 0.251 e. The maximum Gasteiger partial charge on any atom is 0.0848 e. The van der Waals surface area contributed by atoms with Gasteiger partial charge in [0.1, 0.15) is 0 Å². The minimum atomic E-state index is 0.945. The molecule has 154 valence electrons. The lowest BCUT2D eigenvalue weighted by atomic mass is 10.0. The van der Waals surface area contributed by atoms with Crippen LogP contribution >= 0.6 is 0 Å². The molecular weight excluding hydrogens is 352 g/mol. The predicted molar refractivity (Wildman–Crippen MR) is 130 cm³/mol. The molecule has 0 bridgehead atoms. The van der Waals surface area contributed by atoms with E-state index in [-0.39, 0.29) is 0 Å². The molecule has 0 fully saturated rings. The molecule has 2 heteroatoms. The van der Waals surface area contributed by atoms with E-state index in [1.165, 1.54) is 41.5 Å². The van der Waals surface area contributed by atoms with Gasteiger partial charge >= 0.3 is 0 Å². The van der Waals surface area contributed by atoms with E-state index < -0.39 is 0 Å². The van der Waals surface area contributed by atoms with E-state index in [0.29, 0.717) is 0 Å². The Morgan fingerprint density at radius 1 is 0.724 bits per heavy atom. The van der Waals surface area contributed by atoms with Crippen molar-refractivity contribution in [2.24, 2.45) is 9.98 Å². The third-order valence-electron chi connectivity index (χ3n) is 4.81. The lowest BCUT2D eigenvalue weighted by molar-refractivity contribution is 0.684. The number of nitrogens with zero attached hydrogens (tertiary/aromatic N) is 2. The molecule has 29 heavy (non-hydrogen) atoms. The van der Waals surface area contributed by atoms with Crippen LogP contribution in [0.4, 0.5) is 11.4 Å². The SMILES string of the molecule is C/C=C\C(=Nc1cc(C)cc(C)c1)C(CCCCCC)=Nc1cc(C)cc(C)c1. The minimum Gasteiger partial charge on any atom is -0.251 e. The fourth-order valence-electron chi connectivity index (χ4n) is 3.64. The summed E-state index contributed by atoms with van der Waals surface area (Å²) in [7, 11) is 0. The van der Waals surface area contributed by atoms with E-state index in [1.807, 2.05) is 6.92 Å². The van der Waals surface area contributed by atoms with Crippen LogP contribution in [-0.2, 0) is 0 Å². The molecule has 0 aromatic heterocycles. The molecule has 0 aliphatic heterocycles. The van der Waals surface area contributed by atoms with Crippen LogP contribution in [0.5, 0.6) is 0 Å². The maximum absolute atomic E-state index is 5.07. The third-order valence-corrected chi connectivity index (χ3v) is 4.81. The number of rotatable bonds is 9. The van der Waals surface area contributed by atoms with Crippen LogP contribution in [0.1, 0.15) is 68.2 Å². The van der Waals surface area contributed by atoms with Crippen LogP contribution in [0.15, 0.2) is 58.5 Å². The van der Waals surface area contributed by atoms with Crippen LogP contribution < -0.4 is 0 Å². The van der Waals surface area contributed by atoms with Gasteiger partial charge in [-0.2, -0.15) is 0 Å². The van der Waals surface area contributed by atoms with Gasteiger partial charge in [-0.05, 0) is 100 Å². The van der Waals surface area contributed by atoms with Gasteiger partial charge in [-0.3, -0.25) is 4.99 Å². The summed E-state index contributed by atoms with van der Waals surface area (Å²) in [5, 5.41) is 0. The molecule has 0 spiro atoms. The van der Waals surface area contributed by atoms with Crippen molar-refractivity contribution < 1.29 is 0 Å². The van der Waals surface area contributed by atoms with Gasteiger partial charge in [0, 0.05) is 0 Å². The van der Waals surface area contributed by atoms with Crippen molar-refractivity contribution in [3.63, 3.8) is 0 Å². The summed E-state index contributed by atoms with van der Waals surface area (Å²) in [4.78, 5) is 10.1. The lowest BCUT2D eigenvalue weighted by Crippen LogP contribution is -2.12. The number of hydrogen-bond donors (Lipinski definition) is 0. The molecular formula is C27H36N2. The van der Waals surface area contributed by atoms with Gasteiger partial charge in [0.05, 0.1) is 22.8 Å². The van der Waals surface area contributed by atoms with Crippen LogP contribution in [0.2, 0.25) is 0 Å². The van der Waals surface area contributed by atoms with E-state index in [2.05, 4.69) is 83.2 Å². The van der Waals surface area contributed by atoms with Crippen LogP contribution in [-0.4, -0.2) is 11.4 Å². The molecule has 2 aromatic rings. The second-order valence-corrected chi connectivity index (χ2v) is 8.06.